The Kier molecular flexibility index (Phi) is 6.12. The van der Waals surface area contributed by atoms with E-state index < -0.39 is 0 Å². The van der Waals surface area contributed by atoms with Gasteiger partial charge in [0, 0.05) is 36.9 Å². The number of piperidine rings is 1. The lowest BCUT2D eigenvalue weighted by Gasteiger charge is -2.31. The average Bonchev–Trinajstić information content (AvgIpc) is 3.56. The second-order valence-electron chi connectivity index (χ2n) is 8.92. The van der Waals surface area contributed by atoms with E-state index >= 15 is 0 Å². The number of thiophene rings is 1. The van der Waals surface area contributed by atoms with Gasteiger partial charge in [0.25, 0.3) is 0 Å². The van der Waals surface area contributed by atoms with Crippen LogP contribution in [-0.2, 0) is 13.1 Å². The van der Waals surface area contributed by atoms with Gasteiger partial charge in [0.15, 0.2) is 5.65 Å². The van der Waals surface area contributed by atoms with Gasteiger partial charge in [-0.1, -0.05) is 12.1 Å². The van der Waals surface area contributed by atoms with E-state index in [2.05, 4.69) is 26.0 Å². The fourth-order valence-corrected chi connectivity index (χ4v) is 5.89. The quantitative estimate of drug-likeness (QED) is 0.336. The van der Waals surface area contributed by atoms with Gasteiger partial charge in [-0.25, -0.2) is 9.78 Å². The fraction of sp³-hybridized carbons (Fsp3) is 0.308. The lowest BCUT2D eigenvalue weighted by atomic mass is 10.1. The summed E-state index contributed by atoms with van der Waals surface area (Å²) in [5, 5.41) is 5.15. The van der Waals surface area contributed by atoms with Crippen molar-refractivity contribution < 1.29 is 9.47 Å². The number of hydrogen-bond donors (Lipinski definition) is 0. The first-order chi connectivity index (χ1) is 17.7. The van der Waals surface area contributed by atoms with Crippen LogP contribution in [0.15, 0.2) is 66.0 Å². The third-order valence-corrected chi connectivity index (χ3v) is 7.72. The summed E-state index contributed by atoms with van der Waals surface area (Å²) in [4.78, 5) is 26.3. The third-order valence-electron chi connectivity index (χ3n) is 6.58. The first kappa shape index (κ1) is 22.7. The average molecular weight is 503 g/mol. The van der Waals surface area contributed by atoms with E-state index in [0.717, 1.165) is 59.8 Å². The van der Waals surface area contributed by atoms with Gasteiger partial charge in [-0.3, -0.25) is 14.5 Å². The topological polar surface area (TPSA) is 86.8 Å². The lowest BCUT2D eigenvalue weighted by molar-refractivity contribution is 0.0973. The molecule has 5 aromatic rings. The lowest BCUT2D eigenvalue weighted by Crippen LogP contribution is -2.37. The van der Waals surface area contributed by atoms with Crippen LogP contribution in [0.5, 0.6) is 11.5 Å². The van der Waals surface area contributed by atoms with Crippen molar-refractivity contribution in [3.63, 3.8) is 0 Å². The zero-order valence-corrected chi connectivity index (χ0v) is 20.7. The summed E-state index contributed by atoms with van der Waals surface area (Å²) in [6, 6.07) is 13.7. The number of pyridine rings is 1. The molecule has 184 valence electrons. The van der Waals surface area contributed by atoms with Gasteiger partial charge in [-0.2, -0.15) is 9.61 Å². The van der Waals surface area contributed by atoms with Crippen LogP contribution in [-0.4, -0.2) is 55.4 Å². The highest BCUT2D eigenvalue weighted by Gasteiger charge is 2.22. The number of ether oxygens (including phenoxy) is 2. The minimum atomic E-state index is -0.187. The molecule has 0 spiro atoms. The molecule has 0 aliphatic carbocycles. The molecule has 1 aliphatic heterocycles. The highest BCUT2D eigenvalue weighted by atomic mass is 32.1. The van der Waals surface area contributed by atoms with Crippen LogP contribution in [0, 0.1) is 0 Å². The molecule has 0 bridgehead atoms. The maximum absolute atomic E-state index is 13.3. The van der Waals surface area contributed by atoms with E-state index in [1.807, 2.05) is 36.4 Å². The molecule has 4 aromatic heterocycles. The van der Waals surface area contributed by atoms with Crippen LogP contribution in [0.3, 0.4) is 0 Å². The zero-order valence-electron chi connectivity index (χ0n) is 19.9. The van der Waals surface area contributed by atoms with Gasteiger partial charge in [-0.05, 0) is 48.7 Å². The van der Waals surface area contributed by atoms with Crippen LogP contribution in [0.25, 0.3) is 15.9 Å². The molecule has 9 nitrogen and oxygen atoms in total. The Hall–Kier alpha value is -3.76. The first-order valence-corrected chi connectivity index (χ1v) is 12.8. The second kappa shape index (κ2) is 9.71. The maximum Gasteiger partial charge on any atom is 0.352 e. The molecule has 0 radical (unpaired) electrons. The molecule has 6 rings (SSSR count). The first-order valence-electron chi connectivity index (χ1n) is 11.9. The summed E-state index contributed by atoms with van der Waals surface area (Å²) in [5.74, 6) is 1.66. The van der Waals surface area contributed by atoms with E-state index in [-0.39, 0.29) is 11.8 Å². The molecule has 0 N–H and O–H groups in total. The van der Waals surface area contributed by atoms with Crippen molar-refractivity contribution in [1.29, 1.82) is 0 Å². The molecule has 1 aromatic carbocycles. The number of aromatic nitrogens is 5. The predicted octanol–water partition coefficient (Wildman–Crippen LogP) is 3.60. The van der Waals surface area contributed by atoms with Crippen LogP contribution in [0.1, 0.15) is 23.3 Å². The van der Waals surface area contributed by atoms with E-state index in [0.29, 0.717) is 12.2 Å². The molecule has 0 amide bonds. The summed E-state index contributed by atoms with van der Waals surface area (Å²) in [6.45, 7) is 3.21. The highest BCUT2D eigenvalue weighted by Crippen LogP contribution is 2.30. The molecule has 1 fully saturated rings. The van der Waals surface area contributed by atoms with Gasteiger partial charge >= 0.3 is 5.69 Å². The summed E-state index contributed by atoms with van der Waals surface area (Å²) >= 11 is 1.66. The molecule has 36 heavy (non-hydrogen) atoms. The molecular weight excluding hydrogens is 476 g/mol. The van der Waals surface area contributed by atoms with Crippen molar-refractivity contribution in [2.45, 2.75) is 32.0 Å². The van der Waals surface area contributed by atoms with Gasteiger partial charge in [0.05, 0.1) is 19.0 Å². The summed E-state index contributed by atoms with van der Waals surface area (Å²) in [7, 11) is 1.64. The summed E-state index contributed by atoms with van der Waals surface area (Å²) < 4.78 is 14.6. The normalized spacial score (nSPS) is 15.0. The number of likely N-dealkylation sites (tertiary alicyclic amines) is 1. The molecular formula is C26H26N6O3S. The second-order valence-corrected chi connectivity index (χ2v) is 10.0. The zero-order chi connectivity index (χ0) is 24.5. The molecule has 0 unspecified atom stereocenters. The smallest absolute Gasteiger partial charge is 0.352 e. The minimum Gasteiger partial charge on any atom is -0.497 e. The van der Waals surface area contributed by atoms with E-state index in [9.17, 15) is 4.79 Å². The van der Waals surface area contributed by atoms with Crippen molar-refractivity contribution in [2.75, 3.05) is 20.2 Å². The van der Waals surface area contributed by atoms with Crippen LogP contribution >= 0.6 is 11.3 Å². The van der Waals surface area contributed by atoms with E-state index in [1.54, 1.807) is 35.4 Å². The Bertz CT molecular complexity index is 1540. The summed E-state index contributed by atoms with van der Waals surface area (Å²) in [5.41, 5.74) is 1.44. The molecule has 10 heteroatoms. The number of benzene rings is 1. The number of hydrogen-bond acceptors (Lipinski definition) is 8. The van der Waals surface area contributed by atoms with Gasteiger partial charge in [0.1, 0.15) is 28.8 Å². The Labute approximate surface area is 211 Å². The SMILES string of the molecule is COc1ccc(Cn2c(=O)n3ncnc3c3cc(CN4CCC(Oc5ccncc5)CC4)sc32)cc1. The predicted molar refractivity (Wildman–Crippen MR) is 138 cm³/mol. The van der Waals surface area contributed by atoms with Crippen molar-refractivity contribution in [1.82, 2.24) is 29.0 Å². The van der Waals surface area contributed by atoms with Crippen LogP contribution in [0.4, 0.5) is 0 Å². The van der Waals surface area contributed by atoms with E-state index in [1.165, 1.54) is 15.7 Å². The molecule has 0 saturated carbocycles. The molecule has 1 saturated heterocycles. The molecule has 5 heterocycles. The number of rotatable bonds is 7. The standard InChI is InChI=1S/C26H26N6O3S/c1-34-19-4-2-18(3-5-19)15-31-25-23(24-28-17-29-32(24)26(31)33)14-22(36-25)16-30-12-8-21(9-13-30)35-20-6-10-27-11-7-20/h2-7,10-11,14,17,21H,8-9,12-13,15-16H2,1H3. The largest absolute Gasteiger partial charge is 0.497 e. The van der Waals surface area contributed by atoms with Crippen molar-refractivity contribution in [3.8, 4) is 11.5 Å². The Morgan fingerprint density at radius 3 is 2.56 bits per heavy atom. The number of fused-ring (bicyclic) bond motifs is 3. The Morgan fingerprint density at radius 2 is 1.81 bits per heavy atom. The summed E-state index contributed by atoms with van der Waals surface area (Å²) in [6.07, 6.45) is 7.13. The van der Waals surface area contributed by atoms with Gasteiger partial charge < -0.3 is 9.47 Å². The van der Waals surface area contributed by atoms with Crippen molar-refractivity contribution in [3.05, 3.63) is 82.1 Å². The third kappa shape index (κ3) is 4.45. The number of nitrogens with zero attached hydrogens (tertiary/aromatic N) is 6. The van der Waals surface area contributed by atoms with Crippen LogP contribution in [0.2, 0.25) is 0 Å². The minimum absolute atomic E-state index is 0.187. The number of methoxy groups -OCH3 is 1. The van der Waals surface area contributed by atoms with Gasteiger partial charge in [-0.15, -0.1) is 11.3 Å². The monoisotopic (exact) mass is 502 g/mol. The van der Waals surface area contributed by atoms with Crippen molar-refractivity contribution in [2.24, 2.45) is 0 Å². The highest BCUT2D eigenvalue weighted by molar-refractivity contribution is 7.18. The van der Waals surface area contributed by atoms with Crippen LogP contribution < -0.4 is 15.2 Å². The fourth-order valence-electron chi connectivity index (χ4n) is 4.70. The Morgan fingerprint density at radius 1 is 1.03 bits per heavy atom. The molecule has 1 aliphatic rings. The van der Waals surface area contributed by atoms with E-state index in [4.69, 9.17) is 9.47 Å². The van der Waals surface area contributed by atoms with Gasteiger partial charge in [0.2, 0.25) is 0 Å². The molecule has 0 atom stereocenters. The van der Waals surface area contributed by atoms with Crippen molar-refractivity contribution >= 4 is 27.2 Å². The Balaban J connectivity index is 1.23. The maximum atomic E-state index is 13.3.